The second kappa shape index (κ2) is 6.65. The summed E-state index contributed by atoms with van der Waals surface area (Å²) in [5, 5.41) is 14.9. The van der Waals surface area contributed by atoms with Gasteiger partial charge in [0.1, 0.15) is 5.69 Å². The normalized spacial score (nSPS) is 11.7. The first-order valence-corrected chi connectivity index (χ1v) is 7.18. The van der Waals surface area contributed by atoms with Crippen molar-refractivity contribution in [3.05, 3.63) is 50.4 Å². The number of rotatable bonds is 5. The molecule has 4 N–H and O–H groups in total. The Bertz CT molecular complexity index is 585. The van der Waals surface area contributed by atoms with Gasteiger partial charge in [-0.15, -0.1) is 11.3 Å². The van der Waals surface area contributed by atoms with Crippen LogP contribution in [-0.4, -0.2) is 16.0 Å². The molecule has 0 aromatic carbocycles. The van der Waals surface area contributed by atoms with E-state index in [2.05, 4.69) is 37.5 Å². The van der Waals surface area contributed by atoms with Gasteiger partial charge in [0.15, 0.2) is 5.84 Å². The van der Waals surface area contributed by atoms with Crippen molar-refractivity contribution in [3.8, 4) is 0 Å². The number of thiophene rings is 1. The monoisotopic (exact) mass is 340 g/mol. The van der Waals surface area contributed by atoms with E-state index < -0.39 is 0 Å². The van der Waals surface area contributed by atoms with E-state index in [0.29, 0.717) is 12.2 Å². The predicted molar refractivity (Wildman–Crippen MR) is 79.3 cm³/mol. The SMILES string of the molecule is NC(=NO)c1cc(CNCc2ccc(Br)s2)ccn1. The van der Waals surface area contributed by atoms with Crippen molar-refractivity contribution in [2.24, 2.45) is 10.9 Å². The number of aromatic nitrogens is 1. The summed E-state index contributed by atoms with van der Waals surface area (Å²) in [5.41, 5.74) is 7.01. The summed E-state index contributed by atoms with van der Waals surface area (Å²) >= 11 is 5.14. The Balaban J connectivity index is 1.92. The number of pyridine rings is 1. The van der Waals surface area contributed by atoms with Crippen LogP contribution < -0.4 is 11.1 Å². The minimum absolute atomic E-state index is 0.0176. The standard InChI is InChI=1S/C12H13BrN4OS/c13-11-2-1-9(19-11)7-15-6-8-3-4-16-10(5-8)12(14)17-18/h1-5,15,18H,6-7H2,(H2,14,17). The molecule has 0 radical (unpaired) electrons. The van der Waals surface area contributed by atoms with Crippen molar-refractivity contribution in [1.82, 2.24) is 10.3 Å². The van der Waals surface area contributed by atoms with E-state index in [9.17, 15) is 0 Å². The molecule has 0 aliphatic carbocycles. The summed E-state index contributed by atoms with van der Waals surface area (Å²) in [6.45, 7) is 1.50. The summed E-state index contributed by atoms with van der Waals surface area (Å²) in [6, 6.07) is 7.80. The van der Waals surface area contributed by atoms with E-state index >= 15 is 0 Å². The van der Waals surface area contributed by atoms with Crippen molar-refractivity contribution in [3.63, 3.8) is 0 Å². The molecule has 2 rings (SSSR count). The molecule has 2 heterocycles. The third-order valence-corrected chi connectivity index (χ3v) is 4.08. The van der Waals surface area contributed by atoms with Crippen LogP contribution in [0.15, 0.2) is 39.4 Å². The molecule has 0 saturated heterocycles. The summed E-state index contributed by atoms with van der Waals surface area (Å²) in [6.07, 6.45) is 1.64. The highest BCUT2D eigenvalue weighted by Crippen LogP contribution is 2.21. The molecule has 0 atom stereocenters. The molecule has 0 fully saturated rings. The average Bonchev–Trinajstić information content (AvgIpc) is 2.84. The average molecular weight is 341 g/mol. The fraction of sp³-hybridized carbons (Fsp3) is 0.167. The number of nitrogens with zero attached hydrogens (tertiary/aromatic N) is 2. The van der Waals surface area contributed by atoms with Crippen LogP contribution in [0.2, 0.25) is 0 Å². The second-order valence-electron chi connectivity index (χ2n) is 3.84. The number of nitrogens with one attached hydrogen (secondary N) is 1. The van der Waals surface area contributed by atoms with E-state index in [1.807, 2.05) is 12.1 Å². The smallest absolute Gasteiger partial charge is 0.188 e. The first kappa shape index (κ1) is 14.0. The van der Waals surface area contributed by atoms with Gasteiger partial charge in [-0.2, -0.15) is 0 Å². The molecule has 19 heavy (non-hydrogen) atoms. The van der Waals surface area contributed by atoms with Gasteiger partial charge in [0, 0.05) is 24.2 Å². The van der Waals surface area contributed by atoms with Crippen LogP contribution in [0.4, 0.5) is 0 Å². The molecule has 7 heteroatoms. The molecule has 2 aromatic rings. The third-order valence-electron chi connectivity index (χ3n) is 2.45. The lowest BCUT2D eigenvalue weighted by molar-refractivity contribution is 0.318. The Morgan fingerprint density at radius 2 is 2.26 bits per heavy atom. The Morgan fingerprint density at radius 1 is 1.42 bits per heavy atom. The van der Waals surface area contributed by atoms with Crippen molar-refractivity contribution in [1.29, 1.82) is 0 Å². The highest BCUT2D eigenvalue weighted by Gasteiger charge is 2.02. The Hall–Kier alpha value is -1.44. The first-order valence-electron chi connectivity index (χ1n) is 5.57. The highest BCUT2D eigenvalue weighted by molar-refractivity contribution is 9.11. The zero-order valence-electron chi connectivity index (χ0n) is 10.0. The van der Waals surface area contributed by atoms with Gasteiger partial charge in [-0.05, 0) is 45.8 Å². The molecule has 100 valence electrons. The van der Waals surface area contributed by atoms with Crippen LogP contribution in [0.1, 0.15) is 16.1 Å². The number of hydrogen-bond donors (Lipinski definition) is 3. The van der Waals surface area contributed by atoms with Crippen LogP contribution in [0, 0.1) is 0 Å². The zero-order chi connectivity index (χ0) is 13.7. The summed E-state index contributed by atoms with van der Waals surface area (Å²) in [5.74, 6) is 0.0176. The second-order valence-corrected chi connectivity index (χ2v) is 6.39. The molecule has 0 aliphatic rings. The van der Waals surface area contributed by atoms with Crippen molar-refractivity contribution >= 4 is 33.1 Å². The lowest BCUT2D eigenvalue weighted by atomic mass is 10.2. The molecule has 0 saturated carbocycles. The zero-order valence-corrected chi connectivity index (χ0v) is 12.4. The van der Waals surface area contributed by atoms with Crippen LogP contribution in [0.3, 0.4) is 0 Å². The van der Waals surface area contributed by atoms with Crippen LogP contribution in [0.5, 0.6) is 0 Å². The topological polar surface area (TPSA) is 83.5 Å². The lowest BCUT2D eigenvalue weighted by Gasteiger charge is -2.05. The molecular formula is C12H13BrN4OS. The molecule has 0 aliphatic heterocycles. The van der Waals surface area contributed by atoms with Crippen molar-refractivity contribution in [2.75, 3.05) is 0 Å². The maximum atomic E-state index is 8.61. The molecule has 5 nitrogen and oxygen atoms in total. The van der Waals surface area contributed by atoms with Gasteiger partial charge in [-0.1, -0.05) is 5.16 Å². The lowest BCUT2D eigenvalue weighted by Crippen LogP contribution is -2.17. The maximum Gasteiger partial charge on any atom is 0.188 e. The van der Waals surface area contributed by atoms with Crippen LogP contribution in [-0.2, 0) is 13.1 Å². The van der Waals surface area contributed by atoms with Gasteiger partial charge in [0.2, 0.25) is 0 Å². The highest BCUT2D eigenvalue weighted by atomic mass is 79.9. The van der Waals surface area contributed by atoms with Crippen molar-refractivity contribution in [2.45, 2.75) is 13.1 Å². The molecular weight excluding hydrogens is 328 g/mol. The number of halogens is 1. The Morgan fingerprint density at radius 3 is 2.95 bits per heavy atom. The predicted octanol–water partition coefficient (Wildman–Crippen LogP) is 2.29. The summed E-state index contributed by atoms with van der Waals surface area (Å²) in [7, 11) is 0. The number of nitrogens with two attached hydrogens (primary N) is 1. The van der Waals surface area contributed by atoms with E-state index in [1.165, 1.54) is 4.88 Å². The quantitative estimate of drug-likeness (QED) is 0.337. The number of oxime groups is 1. The van der Waals surface area contributed by atoms with E-state index in [1.54, 1.807) is 23.6 Å². The van der Waals surface area contributed by atoms with Gasteiger partial charge >= 0.3 is 0 Å². The molecule has 0 unspecified atom stereocenters. The van der Waals surface area contributed by atoms with E-state index in [4.69, 9.17) is 10.9 Å². The number of amidine groups is 1. The minimum Gasteiger partial charge on any atom is -0.409 e. The Kier molecular flexibility index (Phi) is 4.89. The maximum absolute atomic E-state index is 8.61. The van der Waals surface area contributed by atoms with Gasteiger partial charge in [0.05, 0.1) is 3.79 Å². The molecule has 0 bridgehead atoms. The van der Waals surface area contributed by atoms with E-state index in [-0.39, 0.29) is 5.84 Å². The molecule has 0 spiro atoms. The third kappa shape index (κ3) is 4.02. The van der Waals surface area contributed by atoms with Gasteiger partial charge in [-0.3, -0.25) is 4.98 Å². The van der Waals surface area contributed by atoms with E-state index in [0.717, 1.165) is 15.9 Å². The summed E-state index contributed by atoms with van der Waals surface area (Å²) < 4.78 is 1.13. The Labute approximate surface area is 123 Å². The van der Waals surface area contributed by atoms with Crippen molar-refractivity contribution < 1.29 is 5.21 Å². The minimum atomic E-state index is 0.0176. The van der Waals surface area contributed by atoms with Gasteiger partial charge in [-0.25, -0.2) is 0 Å². The summed E-state index contributed by atoms with van der Waals surface area (Å²) in [4.78, 5) is 5.29. The number of hydrogen-bond acceptors (Lipinski definition) is 5. The molecule has 2 aromatic heterocycles. The largest absolute Gasteiger partial charge is 0.409 e. The van der Waals surface area contributed by atoms with Crippen LogP contribution >= 0.6 is 27.3 Å². The fourth-order valence-electron chi connectivity index (χ4n) is 1.55. The van der Waals surface area contributed by atoms with Gasteiger partial charge in [0.25, 0.3) is 0 Å². The van der Waals surface area contributed by atoms with Crippen LogP contribution in [0.25, 0.3) is 0 Å². The first-order chi connectivity index (χ1) is 9.19. The van der Waals surface area contributed by atoms with Gasteiger partial charge < -0.3 is 16.3 Å². The molecule has 0 amide bonds. The fourth-order valence-corrected chi connectivity index (χ4v) is 3.01.